The van der Waals surface area contributed by atoms with Crippen molar-refractivity contribution in [1.82, 2.24) is 9.97 Å². The summed E-state index contributed by atoms with van der Waals surface area (Å²) >= 11 is 7.63. The maximum Gasteiger partial charge on any atom is 0.294 e. The number of halogens is 1. The number of aromatic amines is 1. The van der Waals surface area contributed by atoms with Crippen molar-refractivity contribution in [3.8, 4) is 0 Å². The van der Waals surface area contributed by atoms with Gasteiger partial charge in [0.25, 0.3) is 10.1 Å². The van der Waals surface area contributed by atoms with Crippen LogP contribution in [0.3, 0.4) is 0 Å². The first-order chi connectivity index (χ1) is 12.8. The zero-order valence-electron chi connectivity index (χ0n) is 14.2. The lowest BCUT2D eigenvalue weighted by Gasteiger charge is -2.01. The monoisotopic (exact) mass is 421 g/mol. The standard InChI is InChI=1S/C12H10ClN3S.C6H6O3S/c1-7-6-17-11(13)10(7)16-12-14-8-4-2-3-5-9(8)15-12;7-10(8,9)6-4-2-1-3-5-6/h2-6H,1H3,(H2,14,15,16);1-5H,(H,7,8,9). The molecule has 27 heavy (non-hydrogen) atoms. The molecule has 0 atom stereocenters. The van der Waals surface area contributed by atoms with Gasteiger partial charge in [-0.05, 0) is 42.1 Å². The Balaban J connectivity index is 0.000000180. The van der Waals surface area contributed by atoms with Crippen molar-refractivity contribution in [3.05, 3.63) is 69.9 Å². The first kappa shape index (κ1) is 19.4. The minimum atomic E-state index is -4.00. The molecule has 0 saturated carbocycles. The molecule has 0 aliphatic heterocycles. The van der Waals surface area contributed by atoms with Crippen molar-refractivity contribution in [2.45, 2.75) is 11.8 Å². The summed E-state index contributed by atoms with van der Waals surface area (Å²) in [6.07, 6.45) is 0. The second-order valence-electron chi connectivity index (χ2n) is 5.58. The molecule has 2 heterocycles. The summed E-state index contributed by atoms with van der Waals surface area (Å²) in [6.45, 7) is 2.02. The lowest BCUT2D eigenvalue weighted by Crippen LogP contribution is -1.96. The Morgan fingerprint density at radius 2 is 1.78 bits per heavy atom. The molecular formula is C18H16ClN3O3S2. The van der Waals surface area contributed by atoms with Gasteiger partial charge >= 0.3 is 0 Å². The first-order valence-corrected chi connectivity index (χ1v) is 10.5. The fraction of sp³-hybridized carbons (Fsp3) is 0.0556. The molecule has 0 unspecified atom stereocenters. The number of rotatable bonds is 3. The first-order valence-electron chi connectivity index (χ1n) is 7.82. The zero-order valence-corrected chi connectivity index (χ0v) is 16.6. The quantitative estimate of drug-likeness (QED) is 0.392. The second-order valence-corrected chi connectivity index (χ2v) is 8.49. The molecule has 4 rings (SSSR count). The van der Waals surface area contributed by atoms with E-state index in [0.717, 1.165) is 32.6 Å². The van der Waals surface area contributed by atoms with Gasteiger partial charge in [-0.3, -0.25) is 4.55 Å². The van der Waals surface area contributed by atoms with E-state index in [-0.39, 0.29) is 4.90 Å². The van der Waals surface area contributed by atoms with Crippen LogP contribution in [0.1, 0.15) is 5.56 Å². The van der Waals surface area contributed by atoms with Gasteiger partial charge in [0.1, 0.15) is 4.34 Å². The Morgan fingerprint density at radius 1 is 1.11 bits per heavy atom. The van der Waals surface area contributed by atoms with Crippen molar-refractivity contribution in [1.29, 1.82) is 0 Å². The lowest BCUT2D eigenvalue weighted by atomic mass is 10.3. The van der Waals surface area contributed by atoms with Crippen molar-refractivity contribution in [2.24, 2.45) is 0 Å². The second kappa shape index (κ2) is 8.10. The van der Waals surface area contributed by atoms with E-state index in [9.17, 15) is 8.42 Å². The van der Waals surface area contributed by atoms with Crippen molar-refractivity contribution < 1.29 is 13.0 Å². The third kappa shape index (κ3) is 4.86. The largest absolute Gasteiger partial charge is 0.324 e. The third-order valence-electron chi connectivity index (χ3n) is 3.60. The van der Waals surface area contributed by atoms with Crippen LogP contribution in [-0.2, 0) is 10.1 Å². The average Bonchev–Trinajstić information content (AvgIpc) is 3.20. The maximum absolute atomic E-state index is 10.4. The van der Waals surface area contributed by atoms with Crippen LogP contribution in [0.15, 0.2) is 64.9 Å². The van der Waals surface area contributed by atoms with Crippen LogP contribution in [0.2, 0.25) is 4.34 Å². The highest BCUT2D eigenvalue weighted by atomic mass is 35.5. The number of hydrogen-bond acceptors (Lipinski definition) is 5. The van der Waals surface area contributed by atoms with Gasteiger partial charge in [0.05, 0.1) is 21.6 Å². The number of nitrogens with one attached hydrogen (secondary N) is 2. The number of thiophene rings is 1. The average molecular weight is 422 g/mol. The highest BCUT2D eigenvalue weighted by Crippen LogP contribution is 2.34. The molecule has 0 fully saturated rings. The molecule has 0 aliphatic rings. The number of anilines is 2. The lowest BCUT2D eigenvalue weighted by molar-refractivity contribution is 0.483. The van der Waals surface area contributed by atoms with Crippen LogP contribution in [0.4, 0.5) is 11.6 Å². The molecule has 0 radical (unpaired) electrons. The number of H-pyrrole nitrogens is 1. The summed E-state index contributed by atoms with van der Waals surface area (Å²) in [7, 11) is -4.00. The number of benzene rings is 2. The van der Waals surface area contributed by atoms with Crippen LogP contribution in [0.25, 0.3) is 11.0 Å². The number of aryl methyl sites for hydroxylation is 1. The van der Waals surface area contributed by atoms with Gasteiger partial charge in [-0.2, -0.15) is 8.42 Å². The van der Waals surface area contributed by atoms with Gasteiger partial charge in [-0.1, -0.05) is 41.9 Å². The molecule has 9 heteroatoms. The van der Waals surface area contributed by atoms with Gasteiger partial charge in [0.2, 0.25) is 5.95 Å². The summed E-state index contributed by atoms with van der Waals surface area (Å²) in [5.74, 6) is 0.717. The predicted octanol–water partition coefficient (Wildman–Crippen LogP) is 5.26. The smallest absolute Gasteiger partial charge is 0.294 e. The number of hydrogen-bond donors (Lipinski definition) is 3. The molecule has 0 saturated heterocycles. The van der Waals surface area contributed by atoms with E-state index in [0.29, 0.717) is 0 Å². The Bertz CT molecular complexity index is 1100. The molecule has 140 valence electrons. The van der Waals surface area contributed by atoms with Gasteiger partial charge in [-0.25, -0.2) is 4.98 Å². The van der Waals surface area contributed by atoms with Crippen molar-refractivity contribution >= 4 is 55.7 Å². The Morgan fingerprint density at radius 3 is 2.33 bits per heavy atom. The van der Waals surface area contributed by atoms with Crippen LogP contribution in [0.5, 0.6) is 0 Å². The molecule has 0 spiro atoms. The number of nitrogens with zero attached hydrogens (tertiary/aromatic N) is 1. The molecule has 0 bridgehead atoms. The van der Waals surface area contributed by atoms with Crippen molar-refractivity contribution in [2.75, 3.05) is 5.32 Å². The third-order valence-corrected chi connectivity index (χ3v) is 5.81. The van der Waals surface area contributed by atoms with Gasteiger partial charge in [0.15, 0.2) is 0 Å². The van der Waals surface area contributed by atoms with E-state index < -0.39 is 10.1 Å². The Kier molecular flexibility index (Phi) is 5.81. The Hall–Kier alpha value is -2.39. The van der Waals surface area contributed by atoms with Gasteiger partial charge in [-0.15, -0.1) is 11.3 Å². The van der Waals surface area contributed by atoms with E-state index in [1.165, 1.54) is 23.5 Å². The number of aromatic nitrogens is 2. The van der Waals surface area contributed by atoms with E-state index in [1.54, 1.807) is 18.2 Å². The molecule has 4 aromatic rings. The van der Waals surface area contributed by atoms with Gasteiger partial charge in [0, 0.05) is 0 Å². The summed E-state index contributed by atoms with van der Waals surface area (Å²) in [6, 6.07) is 15.3. The van der Waals surface area contributed by atoms with Crippen molar-refractivity contribution in [3.63, 3.8) is 0 Å². The van der Waals surface area contributed by atoms with E-state index in [2.05, 4.69) is 15.3 Å². The van der Waals surface area contributed by atoms with E-state index in [4.69, 9.17) is 16.2 Å². The summed E-state index contributed by atoms with van der Waals surface area (Å²) in [4.78, 5) is 7.59. The molecule has 0 aliphatic carbocycles. The molecular weight excluding hydrogens is 406 g/mol. The topological polar surface area (TPSA) is 95.1 Å². The normalized spacial score (nSPS) is 11.1. The minimum absolute atomic E-state index is 0.0741. The SMILES string of the molecule is Cc1csc(Cl)c1Nc1nc2ccccc2[nH]1.O=S(=O)(O)c1ccccc1. The number of para-hydroxylation sites is 2. The number of imidazole rings is 1. The fourth-order valence-electron chi connectivity index (χ4n) is 2.28. The van der Waals surface area contributed by atoms with E-state index in [1.807, 2.05) is 36.6 Å². The van der Waals surface area contributed by atoms with Crippen LogP contribution < -0.4 is 5.32 Å². The minimum Gasteiger partial charge on any atom is -0.324 e. The van der Waals surface area contributed by atoms with Crippen LogP contribution >= 0.6 is 22.9 Å². The molecule has 2 aromatic carbocycles. The summed E-state index contributed by atoms with van der Waals surface area (Å²) in [5.41, 5.74) is 4.01. The summed E-state index contributed by atoms with van der Waals surface area (Å²) in [5, 5.41) is 5.24. The number of fused-ring (bicyclic) bond motifs is 1. The highest BCUT2D eigenvalue weighted by Gasteiger charge is 2.09. The van der Waals surface area contributed by atoms with Crippen LogP contribution in [-0.4, -0.2) is 22.9 Å². The molecule has 2 aromatic heterocycles. The van der Waals surface area contributed by atoms with Gasteiger partial charge < -0.3 is 10.3 Å². The van der Waals surface area contributed by atoms with E-state index >= 15 is 0 Å². The molecule has 3 N–H and O–H groups in total. The molecule has 0 amide bonds. The zero-order chi connectivity index (χ0) is 19.4. The summed E-state index contributed by atoms with van der Waals surface area (Å²) < 4.78 is 30.0. The fourth-order valence-corrected chi connectivity index (χ4v) is 3.84. The van der Waals surface area contributed by atoms with Crippen LogP contribution in [0, 0.1) is 6.92 Å². The highest BCUT2D eigenvalue weighted by molar-refractivity contribution is 7.85. The maximum atomic E-state index is 10.4. The molecule has 6 nitrogen and oxygen atoms in total. The Labute approximate surface area is 165 Å². The predicted molar refractivity (Wildman–Crippen MR) is 110 cm³/mol.